The van der Waals surface area contributed by atoms with E-state index in [1.54, 1.807) is 0 Å². The predicted octanol–water partition coefficient (Wildman–Crippen LogP) is 2.10. The fourth-order valence-electron chi connectivity index (χ4n) is 5.05. The van der Waals surface area contributed by atoms with Crippen molar-refractivity contribution in [1.29, 1.82) is 0 Å². The van der Waals surface area contributed by atoms with Crippen LogP contribution in [0.2, 0.25) is 0 Å². The summed E-state index contributed by atoms with van der Waals surface area (Å²) in [5.41, 5.74) is -0.818. The minimum Gasteiger partial charge on any atom is -0.492 e. The first-order valence-corrected chi connectivity index (χ1v) is 10.0. The van der Waals surface area contributed by atoms with E-state index in [0.717, 1.165) is 38.0 Å². The lowest BCUT2D eigenvalue weighted by Gasteiger charge is -2.26. The van der Waals surface area contributed by atoms with E-state index >= 15 is 0 Å². The van der Waals surface area contributed by atoms with E-state index in [1.807, 2.05) is 35.2 Å². The summed E-state index contributed by atoms with van der Waals surface area (Å²) >= 11 is 0. The fraction of sp³-hybridized carbons (Fsp3) is 0.619. The number of carbonyl (C=O) groups excluding carboxylic acids is 1. The van der Waals surface area contributed by atoms with E-state index in [2.05, 4.69) is 4.90 Å². The lowest BCUT2D eigenvalue weighted by atomic mass is 9.81. The molecule has 4 rings (SSSR count). The number of amides is 1. The number of carboxylic acid groups (broad SMARTS) is 1. The van der Waals surface area contributed by atoms with Crippen LogP contribution in [0.25, 0.3) is 0 Å². The van der Waals surface area contributed by atoms with E-state index in [1.165, 1.54) is 0 Å². The number of para-hydroxylation sites is 1. The molecule has 1 N–H and O–H groups in total. The number of aliphatic carboxylic acids is 1. The van der Waals surface area contributed by atoms with Gasteiger partial charge in [-0.2, -0.15) is 0 Å². The summed E-state index contributed by atoms with van der Waals surface area (Å²) in [6.07, 6.45) is 4.16. The van der Waals surface area contributed by atoms with E-state index in [9.17, 15) is 14.7 Å². The Labute approximate surface area is 160 Å². The molecule has 1 aliphatic carbocycles. The maximum Gasteiger partial charge on any atom is 0.313 e. The highest BCUT2D eigenvalue weighted by molar-refractivity contribution is 5.83. The minimum atomic E-state index is -0.818. The standard InChI is InChI=1S/C21H28N2O4/c24-19(16-6-4-5-7-16)23-13-17-12-22(14-21(17,15-23)20(25)26)10-11-27-18-8-2-1-3-9-18/h1-3,8-9,16-17H,4-7,10-15H2,(H,25,26). The lowest BCUT2D eigenvalue weighted by molar-refractivity contribution is -0.149. The Morgan fingerprint density at radius 1 is 1.11 bits per heavy atom. The second-order valence-electron chi connectivity index (χ2n) is 8.25. The Hall–Kier alpha value is -2.08. The Balaban J connectivity index is 1.34. The van der Waals surface area contributed by atoms with Crippen LogP contribution in [-0.2, 0) is 9.59 Å². The smallest absolute Gasteiger partial charge is 0.313 e. The third-order valence-corrected chi connectivity index (χ3v) is 6.54. The summed E-state index contributed by atoms with van der Waals surface area (Å²) in [4.78, 5) is 28.9. The molecular weight excluding hydrogens is 344 g/mol. The molecule has 6 heteroatoms. The number of hydrogen-bond acceptors (Lipinski definition) is 4. The van der Waals surface area contributed by atoms with Gasteiger partial charge in [0.15, 0.2) is 0 Å². The van der Waals surface area contributed by atoms with Gasteiger partial charge in [0.2, 0.25) is 5.91 Å². The number of rotatable bonds is 6. The van der Waals surface area contributed by atoms with Gasteiger partial charge in [-0.05, 0) is 25.0 Å². The van der Waals surface area contributed by atoms with Crippen LogP contribution >= 0.6 is 0 Å². The maximum atomic E-state index is 12.8. The van der Waals surface area contributed by atoms with Crippen LogP contribution in [0, 0.1) is 17.3 Å². The third kappa shape index (κ3) is 3.55. The first kappa shape index (κ1) is 18.3. The van der Waals surface area contributed by atoms with Crippen LogP contribution < -0.4 is 4.74 Å². The highest BCUT2D eigenvalue weighted by Gasteiger charge is 2.58. The molecule has 0 spiro atoms. The average Bonchev–Trinajstić information content (AvgIpc) is 3.37. The fourth-order valence-corrected chi connectivity index (χ4v) is 5.05. The van der Waals surface area contributed by atoms with Crippen LogP contribution in [0.4, 0.5) is 0 Å². The molecule has 3 fully saturated rings. The third-order valence-electron chi connectivity index (χ3n) is 6.54. The maximum absolute atomic E-state index is 12.8. The summed E-state index contributed by atoms with van der Waals surface area (Å²) in [6, 6.07) is 9.66. The summed E-state index contributed by atoms with van der Waals surface area (Å²) in [5.74, 6) is 0.377. The second-order valence-corrected chi connectivity index (χ2v) is 8.25. The quantitative estimate of drug-likeness (QED) is 0.828. The van der Waals surface area contributed by atoms with Crippen molar-refractivity contribution in [2.24, 2.45) is 17.3 Å². The second kappa shape index (κ2) is 7.50. The number of carbonyl (C=O) groups is 2. The number of fused-ring (bicyclic) bond motifs is 1. The SMILES string of the molecule is O=C(C1CCCC1)N1CC2CN(CCOc3ccccc3)CC2(C(=O)O)C1. The zero-order chi connectivity index (χ0) is 18.9. The van der Waals surface area contributed by atoms with Gasteiger partial charge in [-0.15, -0.1) is 0 Å². The van der Waals surface area contributed by atoms with Gasteiger partial charge in [0.05, 0.1) is 0 Å². The molecule has 146 valence electrons. The van der Waals surface area contributed by atoms with Crippen molar-refractivity contribution >= 4 is 11.9 Å². The van der Waals surface area contributed by atoms with Crippen molar-refractivity contribution in [2.45, 2.75) is 25.7 Å². The lowest BCUT2D eigenvalue weighted by Crippen LogP contribution is -2.43. The summed E-state index contributed by atoms with van der Waals surface area (Å²) < 4.78 is 5.76. The highest BCUT2D eigenvalue weighted by Crippen LogP contribution is 2.43. The van der Waals surface area contributed by atoms with Gasteiger partial charge in [-0.1, -0.05) is 31.0 Å². The monoisotopic (exact) mass is 372 g/mol. The van der Waals surface area contributed by atoms with E-state index in [0.29, 0.717) is 32.8 Å². The molecule has 2 heterocycles. The molecule has 0 aromatic heterocycles. The van der Waals surface area contributed by atoms with Crippen LogP contribution in [0.3, 0.4) is 0 Å². The van der Waals surface area contributed by atoms with Gasteiger partial charge in [-0.25, -0.2) is 0 Å². The number of benzene rings is 1. The molecule has 1 saturated carbocycles. The van der Waals surface area contributed by atoms with Gasteiger partial charge < -0.3 is 14.7 Å². The van der Waals surface area contributed by atoms with Crippen molar-refractivity contribution in [1.82, 2.24) is 9.80 Å². The Morgan fingerprint density at radius 2 is 1.85 bits per heavy atom. The van der Waals surface area contributed by atoms with Crippen molar-refractivity contribution in [3.8, 4) is 5.75 Å². The molecule has 3 aliphatic rings. The minimum absolute atomic E-state index is 0.0112. The van der Waals surface area contributed by atoms with Gasteiger partial charge in [0, 0.05) is 44.6 Å². The topological polar surface area (TPSA) is 70.1 Å². The molecule has 6 nitrogen and oxygen atoms in total. The molecule has 2 saturated heterocycles. The van der Waals surface area contributed by atoms with Crippen molar-refractivity contribution < 1.29 is 19.4 Å². The molecule has 0 bridgehead atoms. The van der Waals surface area contributed by atoms with E-state index < -0.39 is 11.4 Å². The summed E-state index contributed by atoms with van der Waals surface area (Å²) in [7, 11) is 0. The Bertz CT molecular complexity index is 689. The van der Waals surface area contributed by atoms with Gasteiger partial charge in [0.25, 0.3) is 0 Å². The van der Waals surface area contributed by atoms with E-state index in [-0.39, 0.29) is 17.7 Å². The Kier molecular flexibility index (Phi) is 5.08. The van der Waals surface area contributed by atoms with Crippen molar-refractivity contribution in [2.75, 3.05) is 39.3 Å². The number of likely N-dealkylation sites (tertiary alicyclic amines) is 2. The summed E-state index contributed by atoms with van der Waals surface area (Å²) in [5, 5.41) is 9.96. The average molecular weight is 372 g/mol. The van der Waals surface area contributed by atoms with Crippen LogP contribution in [0.1, 0.15) is 25.7 Å². The number of hydrogen-bond donors (Lipinski definition) is 1. The van der Waals surface area contributed by atoms with Gasteiger partial charge >= 0.3 is 5.97 Å². The van der Waals surface area contributed by atoms with Crippen LogP contribution in [0.5, 0.6) is 5.75 Å². The molecule has 2 unspecified atom stereocenters. The zero-order valence-corrected chi connectivity index (χ0v) is 15.7. The molecule has 2 atom stereocenters. The largest absolute Gasteiger partial charge is 0.492 e. The summed E-state index contributed by atoms with van der Waals surface area (Å²) in [6.45, 7) is 3.41. The molecular formula is C21H28N2O4. The number of carboxylic acids is 1. The van der Waals surface area contributed by atoms with Crippen molar-refractivity contribution in [3.05, 3.63) is 30.3 Å². The van der Waals surface area contributed by atoms with Crippen molar-refractivity contribution in [3.63, 3.8) is 0 Å². The first-order valence-electron chi connectivity index (χ1n) is 10.0. The molecule has 1 aromatic carbocycles. The van der Waals surface area contributed by atoms with Gasteiger partial charge in [0.1, 0.15) is 17.8 Å². The first-order chi connectivity index (χ1) is 13.1. The normalized spacial score (nSPS) is 28.4. The highest BCUT2D eigenvalue weighted by atomic mass is 16.5. The molecule has 0 radical (unpaired) electrons. The number of nitrogens with zero attached hydrogens (tertiary/aromatic N) is 2. The molecule has 1 aromatic rings. The Morgan fingerprint density at radius 3 is 2.52 bits per heavy atom. The molecule has 27 heavy (non-hydrogen) atoms. The predicted molar refractivity (Wildman–Crippen MR) is 100 cm³/mol. The van der Waals surface area contributed by atoms with Gasteiger partial charge in [-0.3, -0.25) is 14.5 Å². The molecule has 2 aliphatic heterocycles. The van der Waals surface area contributed by atoms with Crippen LogP contribution in [0.15, 0.2) is 30.3 Å². The molecule has 1 amide bonds. The van der Waals surface area contributed by atoms with Crippen LogP contribution in [-0.4, -0.2) is 66.1 Å². The zero-order valence-electron chi connectivity index (χ0n) is 15.7. The number of ether oxygens (including phenoxy) is 1. The van der Waals surface area contributed by atoms with E-state index in [4.69, 9.17) is 4.74 Å².